The number of carbonyl (C=O) groups is 1. The lowest BCUT2D eigenvalue weighted by Crippen LogP contribution is -2.31. The number of hydrogen-bond acceptors (Lipinski definition) is 1. The summed E-state index contributed by atoms with van der Waals surface area (Å²) >= 11 is 0. The number of carboxylic acid groups (broad SMARTS) is 1. The van der Waals surface area contributed by atoms with E-state index in [4.69, 9.17) is 5.11 Å². The van der Waals surface area contributed by atoms with Crippen LogP contribution in [0.1, 0.15) is 46.0 Å². The first-order chi connectivity index (χ1) is 6.73. The lowest BCUT2D eigenvalue weighted by molar-refractivity contribution is -0.148. The molecule has 0 atom stereocenters. The lowest BCUT2D eigenvalue weighted by atomic mass is 9.76. The van der Waals surface area contributed by atoms with Crippen LogP contribution in [-0.2, 0) is 4.79 Å². The van der Waals surface area contributed by atoms with E-state index in [2.05, 4.69) is 0 Å². The molecule has 0 aromatic rings. The maximum atomic E-state index is 12.9. The van der Waals surface area contributed by atoms with Crippen molar-refractivity contribution in [3.8, 4) is 0 Å². The third-order valence-corrected chi connectivity index (χ3v) is 3.21. The van der Waals surface area contributed by atoms with Gasteiger partial charge in [-0.15, -0.1) is 0 Å². The fourth-order valence-electron chi connectivity index (χ4n) is 2.11. The molecule has 0 aromatic heterocycles. The molecule has 1 N–H and O–H groups in total. The van der Waals surface area contributed by atoms with Crippen molar-refractivity contribution in [2.75, 3.05) is 0 Å². The van der Waals surface area contributed by atoms with Crippen LogP contribution < -0.4 is 0 Å². The smallest absolute Gasteiger partial charge is 0.309 e. The van der Waals surface area contributed by atoms with Crippen molar-refractivity contribution in [1.29, 1.82) is 0 Å². The number of alkyl halides is 2. The van der Waals surface area contributed by atoms with Crippen LogP contribution in [0.2, 0.25) is 0 Å². The van der Waals surface area contributed by atoms with E-state index in [9.17, 15) is 13.6 Å². The van der Waals surface area contributed by atoms with E-state index in [1.54, 1.807) is 13.8 Å². The van der Waals surface area contributed by atoms with Crippen molar-refractivity contribution in [1.82, 2.24) is 0 Å². The third-order valence-electron chi connectivity index (χ3n) is 3.21. The van der Waals surface area contributed by atoms with E-state index < -0.39 is 17.3 Å². The molecular weight excluding hydrogens is 202 g/mol. The molecule has 0 heterocycles. The third kappa shape index (κ3) is 3.43. The lowest BCUT2D eigenvalue weighted by Gasteiger charge is -2.32. The van der Waals surface area contributed by atoms with Gasteiger partial charge in [-0.25, -0.2) is 8.78 Å². The van der Waals surface area contributed by atoms with Gasteiger partial charge >= 0.3 is 5.97 Å². The van der Waals surface area contributed by atoms with Gasteiger partial charge in [0.2, 0.25) is 5.92 Å². The van der Waals surface area contributed by atoms with E-state index in [-0.39, 0.29) is 18.8 Å². The van der Waals surface area contributed by atoms with Gasteiger partial charge in [0.05, 0.1) is 5.41 Å². The van der Waals surface area contributed by atoms with E-state index in [1.165, 1.54) is 0 Å². The molecule has 1 fully saturated rings. The standard InChI is InChI=1S/C11H18F2O2/c1-10(2,9(14)15)7-8-3-5-11(12,13)6-4-8/h8H,3-7H2,1-2H3,(H,14,15). The normalized spacial score (nSPS) is 22.7. The first-order valence-corrected chi connectivity index (χ1v) is 5.34. The molecule has 0 saturated heterocycles. The quantitative estimate of drug-likeness (QED) is 0.792. The molecule has 0 spiro atoms. The number of rotatable bonds is 3. The summed E-state index contributed by atoms with van der Waals surface area (Å²) in [6.45, 7) is 3.31. The highest BCUT2D eigenvalue weighted by atomic mass is 19.3. The fraction of sp³-hybridized carbons (Fsp3) is 0.909. The van der Waals surface area contributed by atoms with E-state index in [0.29, 0.717) is 19.3 Å². The molecule has 4 heteroatoms. The SMILES string of the molecule is CC(C)(CC1CCC(F)(F)CC1)C(=O)O. The summed E-state index contributed by atoms with van der Waals surface area (Å²) in [6, 6.07) is 0. The van der Waals surface area contributed by atoms with Gasteiger partial charge < -0.3 is 5.11 Å². The maximum absolute atomic E-state index is 12.9. The van der Waals surface area contributed by atoms with Crippen LogP contribution in [0.4, 0.5) is 8.78 Å². The Balaban J connectivity index is 2.46. The van der Waals surface area contributed by atoms with Crippen LogP contribution in [0.25, 0.3) is 0 Å². The number of hydrogen-bond donors (Lipinski definition) is 1. The molecule has 0 unspecified atom stereocenters. The first kappa shape index (κ1) is 12.4. The zero-order chi connectivity index (χ0) is 11.7. The summed E-state index contributed by atoms with van der Waals surface area (Å²) in [5.74, 6) is -3.24. The summed E-state index contributed by atoms with van der Waals surface area (Å²) in [5, 5.41) is 8.93. The first-order valence-electron chi connectivity index (χ1n) is 5.34. The Hall–Kier alpha value is -0.670. The monoisotopic (exact) mass is 220 g/mol. The second-order valence-electron chi connectivity index (χ2n) is 5.19. The van der Waals surface area contributed by atoms with Crippen LogP contribution in [-0.4, -0.2) is 17.0 Å². The summed E-state index contributed by atoms with van der Waals surface area (Å²) in [4.78, 5) is 10.9. The molecule has 1 saturated carbocycles. The predicted molar refractivity (Wildman–Crippen MR) is 52.9 cm³/mol. The van der Waals surface area contributed by atoms with Crippen molar-refractivity contribution in [3.05, 3.63) is 0 Å². The van der Waals surface area contributed by atoms with E-state index in [0.717, 1.165) is 0 Å². The average Bonchev–Trinajstić information content (AvgIpc) is 2.08. The van der Waals surface area contributed by atoms with Gasteiger partial charge in [0.1, 0.15) is 0 Å². The second-order valence-corrected chi connectivity index (χ2v) is 5.19. The minimum Gasteiger partial charge on any atom is -0.481 e. The topological polar surface area (TPSA) is 37.3 Å². The Bertz CT molecular complexity index is 239. The van der Waals surface area contributed by atoms with Gasteiger partial charge in [0.15, 0.2) is 0 Å². The molecule has 1 aliphatic rings. The fourth-order valence-corrected chi connectivity index (χ4v) is 2.11. The van der Waals surface area contributed by atoms with Crippen molar-refractivity contribution in [3.63, 3.8) is 0 Å². The number of halogens is 2. The largest absolute Gasteiger partial charge is 0.481 e. The molecule has 0 aliphatic heterocycles. The van der Waals surface area contributed by atoms with Gasteiger partial charge in [-0.3, -0.25) is 4.79 Å². The predicted octanol–water partition coefficient (Wildman–Crippen LogP) is 3.31. The van der Waals surface area contributed by atoms with Gasteiger partial charge in [-0.05, 0) is 39.0 Å². The van der Waals surface area contributed by atoms with Crippen LogP contribution >= 0.6 is 0 Å². The molecule has 1 aliphatic carbocycles. The summed E-state index contributed by atoms with van der Waals surface area (Å²) in [7, 11) is 0. The number of carboxylic acids is 1. The Morgan fingerprint density at radius 2 is 1.87 bits per heavy atom. The Morgan fingerprint density at radius 3 is 2.27 bits per heavy atom. The minimum atomic E-state index is -2.52. The molecule has 88 valence electrons. The highest BCUT2D eigenvalue weighted by Crippen LogP contribution is 2.40. The zero-order valence-electron chi connectivity index (χ0n) is 9.22. The number of aliphatic carboxylic acids is 1. The Kier molecular flexibility index (Phi) is 3.36. The molecule has 0 bridgehead atoms. The van der Waals surface area contributed by atoms with Crippen molar-refractivity contribution < 1.29 is 18.7 Å². The summed E-state index contributed by atoms with van der Waals surface area (Å²) in [6.07, 6.45) is 1.21. The summed E-state index contributed by atoms with van der Waals surface area (Å²) < 4.78 is 25.7. The minimum absolute atomic E-state index is 0.0899. The molecule has 0 radical (unpaired) electrons. The summed E-state index contributed by atoms with van der Waals surface area (Å²) in [5.41, 5.74) is -0.794. The van der Waals surface area contributed by atoms with Gasteiger partial charge in [-0.1, -0.05) is 0 Å². The molecule has 15 heavy (non-hydrogen) atoms. The van der Waals surface area contributed by atoms with E-state index in [1.807, 2.05) is 0 Å². The molecule has 1 rings (SSSR count). The van der Waals surface area contributed by atoms with Crippen molar-refractivity contribution in [2.24, 2.45) is 11.3 Å². The maximum Gasteiger partial charge on any atom is 0.309 e. The Labute approximate surface area is 88.7 Å². The average molecular weight is 220 g/mol. The zero-order valence-corrected chi connectivity index (χ0v) is 9.22. The molecular formula is C11H18F2O2. The van der Waals surface area contributed by atoms with Gasteiger partial charge in [-0.2, -0.15) is 0 Å². The van der Waals surface area contributed by atoms with Crippen LogP contribution in [0.3, 0.4) is 0 Å². The molecule has 2 nitrogen and oxygen atoms in total. The van der Waals surface area contributed by atoms with E-state index >= 15 is 0 Å². The molecule has 0 amide bonds. The van der Waals surface area contributed by atoms with Crippen molar-refractivity contribution >= 4 is 5.97 Å². The Morgan fingerprint density at radius 1 is 1.40 bits per heavy atom. The van der Waals surface area contributed by atoms with Crippen LogP contribution in [0, 0.1) is 11.3 Å². The van der Waals surface area contributed by atoms with Crippen LogP contribution in [0.15, 0.2) is 0 Å². The van der Waals surface area contributed by atoms with Gasteiger partial charge in [0.25, 0.3) is 0 Å². The van der Waals surface area contributed by atoms with Crippen molar-refractivity contribution in [2.45, 2.75) is 51.9 Å². The highest BCUT2D eigenvalue weighted by Gasteiger charge is 2.38. The molecule has 0 aromatic carbocycles. The highest BCUT2D eigenvalue weighted by molar-refractivity contribution is 5.73. The second kappa shape index (κ2) is 4.06. The van der Waals surface area contributed by atoms with Crippen LogP contribution in [0.5, 0.6) is 0 Å². The van der Waals surface area contributed by atoms with Gasteiger partial charge in [0, 0.05) is 12.8 Å².